The summed E-state index contributed by atoms with van der Waals surface area (Å²) >= 11 is 0. The maximum atomic E-state index is 3.56. The lowest BCUT2D eigenvalue weighted by Crippen LogP contribution is -2.31. The van der Waals surface area contributed by atoms with Crippen molar-refractivity contribution < 1.29 is 0 Å². The standard InChI is InChI=1S/C12H24N2/c1-3-4-11-9-12(11)14-7-5-10(2)13-6-8-14/h10-13H,3-9H2,1-2H3. The van der Waals surface area contributed by atoms with Gasteiger partial charge in [-0.3, -0.25) is 4.90 Å². The molecule has 0 bridgehead atoms. The fourth-order valence-corrected chi connectivity index (χ4v) is 2.72. The monoisotopic (exact) mass is 196 g/mol. The van der Waals surface area contributed by atoms with E-state index >= 15 is 0 Å². The van der Waals surface area contributed by atoms with Crippen LogP contribution in [-0.4, -0.2) is 36.6 Å². The Bertz CT molecular complexity index is 181. The Kier molecular flexibility index (Phi) is 3.45. The van der Waals surface area contributed by atoms with Crippen molar-refractivity contribution in [1.82, 2.24) is 10.2 Å². The van der Waals surface area contributed by atoms with Crippen LogP contribution in [0.3, 0.4) is 0 Å². The maximum Gasteiger partial charge on any atom is 0.0128 e. The number of rotatable bonds is 3. The lowest BCUT2D eigenvalue weighted by Gasteiger charge is -2.19. The summed E-state index contributed by atoms with van der Waals surface area (Å²) in [5.74, 6) is 1.04. The third kappa shape index (κ3) is 2.48. The topological polar surface area (TPSA) is 15.3 Å². The van der Waals surface area contributed by atoms with Gasteiger partial charge in [0.2, 0.25) is 0 Å². The molecule has 1 aliphatic carbocycles. The second-order valence-electron chi connectivity index (χ2n) is 5.03. The van der Waals surface area contributed by atoms with Crippen molar-refractivity contribution in [3.05, 3.63) is 0 Å². The van der Waals surface area contributed by atoms with Gasteiger partial charge in [0.15, 0.2) is 0 Å². The van der Waals surface area contributed by atoms with Crippen molar-refractivity contribution in [3.63, 3.8) is 0 Å². The van der Waals surface area contributed by atoms with Crippen LogP contribution in [0.25, 0.3) is 0 Å². The van der Waals surface area contributed by atoms with Gasteiger partial charge in [0, 0.05) is 25.2 Å². The van der Waals surface area contributed by atoms with E-state index in [1.165, 1.54) is 45.3 Å². The van der Waals surface area contributed by atoms with E-state index in [2.05, 4.69) is 24.1 Å². The molecule has 1 saturated carbocycles. The molecule has 2 rings (SSSR count). The van der Waals surface area contributed by atoms with Crippen molar-refractivity contribution >= 4 is 0 Å². The predicted molar refractivity (Wildman–Crippen MR) is 60.5 cm³/mol. The van der Waals surface area contributed by atoms with Gasteiger partial charge in [0.05, 0.1) is 0 Å². The van der Waals surface area contributed by atoms with Crippen LogP contribution in [0.2, 0.25) is 0 Å². The molecule has 2 heteroatoms. The predicted octanol–water partition coefficient (Wildman–Crippen LogP) is 1.86. The smallest absolute Gasteiger partial charge is 0.0128 e. The zero-order valence-corrected chi connectivity index (χ0v) is 9.63. The maximum absolute atomic E-state index is 3.56. The quantitative estimate of drug-likeness (QED) is 0.741. The molecule has 3 unspecified atom stereocenters. The molecular weight excluding hydrogens is 172 g/mol. The van der Waals surface area contributed by atoms with E-state index in [0.29, 0.717) is 0 Å². The molecule has 1 saturated heterocycles. The molecule has 2 aliphatic rings. The van der Waals surface area contributed by atoms with Crippen LogP contribution < -0.4 is 5.32 Å². The van der Waals surface area contributed by atoms with Crippen LogP contribution in [0.1, 0.15) is 39.5 Å². The van der Waals surface area contributed by atoms with Crippen LogP contribution in [0.5, 0.6) is 0 Å². The fraction of sp³-hybridized carbons (Fsp3) is 1.00. The van der Waals surface area contributed by atoms with E-state index in [1.54, 1.807) is 0 Å². The van der Waals surface area contributed by atoms with E-state index in [-0.39, 0.29) is 0 Å². The van der Waals surface area contributed by atoms with Crippen molar-refractivity contribution in [2.75, 3.05) is 19.6 Å². The third-order valence-corrected chi connectivity index (χ3v) is 3.75. The third-order valence-electron chi connectivity index (χ3n) is 3.75. The average Bonchev–Trinajstić information content (AvgIpc) is 2.91. The Hall–Kier alpha value is -0.0800. The summed E-state index contributed by atoms with van der Waals surface area (Å²) in [6.45, 7) is 8.39. The average molecular weight is 196 g/mol. The van der Waals surface area contributed by atoms with Crippen molar-refractivity contribution in [3.8, 4) is 0 Å². The summed E-state index contributed by atoms with van der Waals surface area (Å²) in [4.78, 5) is 2.72. The SMILES string of the molecule is CCCC1CC1N1CCNC(C)CC1. The van der Waals surface area contributed by atoms with Crippen LogP contribution in [0, 0.1) is 5.92 Å². The number of hydrogen-bond donors (Lipinski definition) is 1. The van der Waals surface area contributed by atoms with Gasteiger partial charge in [0.25, 0.3) is 0 Å². The van der Waals surface area contributed by atoms with Gasteiger partial charge < -0.3 is 5.32 Å². The van der Waals surface area contributed by atoms with Gasteiger partial charge in [0.1, 0.15) is 0 Å². The Balaban J connectivity index is 1.76. The van der Waals surface area contributed by atoms with Crippen LogP contribution >= 0.6 is 0 Å². The Morgan fingerprint density at radius 3 is 3.00 bits per heavy atom. The molecule has 0 aromatic rings. The molecule has 1 heterocycles. The van der Waals surface area contributed by atoms with E-state index in [9.17, 15) is 0 Å². The Morgan fingerprint density at radius 2 is 2.21 bits per heavy atom. The zero-order chi connectivity index (χ0) is 9.97. The van der Waals surface area contributed by atoms with Gasteiger partial charge in [-0.25, -0.2) is 0 Å². The molecule has 0 aromatic heterocycles. The molecule has 0 aromatic carbocycles. The largest absolute Gasteiger partial charge is 0.313 e. The molecule has 0 spiro atoms. The molecule has 2 nitrogen and oxygen atoms in total. The van der Waals surface area contributed by atoms with Crippen LogP contribution in [0.15, 0.2) is 0 Å². The molecule has 3 atom stereocenters. The highest BCUT2D eigenvalue weighted by Gasteiger charge is 2.40. The zero-order valence-electron chi connectivity index (χ0n) is 9.63. The second kappa shape index (κ2) is 4.63. The number of nitrogens with one attached hydrogen (secondary N) is 1. The van der Waals surface area contributed by atoms with E-state index in [4.69, 9.17) is 0 Å². The molecule has 1 N–H and O–H groups in total. The van der Waals surface area contributed by atoms with Gasteiger partial charge in [-0.1, -0.05) is 13.3 Å². The summed E-state index contributed by atoms with van der Waals surface area (Å²) < 4.78 is 0. The van der Waals surface area contributed by atoms with Crippen LogP contribution in [0.4, 0.5) is 0 Å². The molecule has 1 aliphatic heterocycles. The summed E-state index contributed by atoms with van der Waals surface area (Å²) in [5.41, 5.74) is 0. The van der Waals surface area contributed by atoms with Gasteiger partial charge in [-0.2, -0.15) is 0 Å². The van der Waals surface area contributed by atoms with Crippen molar-refractivity contribution in [2.45, 2.75) is 51.6 Å². The van der Waals surface area contributed by atoms with Gasteiger partial charge in [-0.05, 0) is 38.6 Å². The second-order valence-corrected chi connectivity index (χ2v) is 5.03. The van der Waals surface area contributed by atoms with Gasteiger partial charge in [-0.15, -0.1) is 0 Å². The minimum atomic E-state index is 0.725. The Morgan fingerprint density at radius 1 is 1.36 bits per heavy atom. The van der Waals surface area contributed by atoms with E-state index in [0.717, 1.165) is 18.0 Å². The van der Waals surface area contributed by atoms with E-state index < -0.39 is 0 Å². The molecule has 2 fully saturated rings. The summed E-state index contributed by atoms with van der Waals surface area (Å²) in [5, 5.41) is 3.56. The first kappa shape index (κ1) is 10.4. The normalized spacial score (nSPS) is 39.4. The summed E-state index contributed by atoms with van der Waals surface area (Å²) in [6, 6.07) is 1.67. The number of nitrogens with zero attached hydrogens (tertiary/aromatic N) is 1. The minimum Gasteiger partial charge on any atom is -0.313 e. The Labute approximate surface area is 88.1 Å². The molecule has 14 heavy (non-hydrogen) atoms. The van der Waals surface area contributed by atoms with Crippen molar-refractivity contribution in [1.29, 1.82) is 0 Å². The van der Waals surface area contributed by atoms with Crippen molar-refractivity contribution in [2.24, 2.45) is 5.92 Å². The first-order valence-electron chi connectivity index (χ1n) is 6.28. The first-order valence-corrected chi connectivity index (χ1v) is 6.28. The lowest BCUT2D eigenvalue weighted by atomic mass is 10.2. The molecule has 0 amide bonds. The highest BCUT2D eigenvalue weighted by molar-refractivity contribution is 4.95. The van der Waals surface area contributed by atoms with Crippen LogP contribution in [-0.2, 0) is 0 Å². The van der Waals surface area contributed by atoms with E-state index in [1.807, 2.05) is 0 Å². The molecule has 82 valence electrons. The highest BCUT2D eigenvalue weighted by Crippen LogP contribution is 2.39. The summed E-state index contributed by atoms with van der Waals surface area (Å²) in [7, 11) is 0. The molecule has 0 radical (unpaired) electrons. The highest BCUT2D eigenvalue weighted by atomic mass is 15.2. The lowest BCUT2D eigenvalue weighted by molar-refractivity contribution is 0.265. The minimum absolute atomic E-state index is 0.725. The molecular formula is C12H24N2. The summed E-state index contributed by atoms with van der Waals surface area (Å²) in [6.07, 6.45) is 5.62. The number of hydrogen-bond acceptors (Lipinski definition) is 2. The fourth-order valence-electron chi connectivity index (χ4n) is 2.72. The van der Waals surface area contributed by atoms with Gasteiger partial charge >= 0.3 is 0 Å². The first-order chi connectivity index (χ1) is 6.81.